The van der Waals surface area contributed by atoms with Crippen molar-refractivity contribution in [3.8, 4) is 0 Å². The Balaban J connectivity index is 2.02. The minimum atomic E-state index is -3.23. The van der Waals surface area contributed by atoms with Crippen molar-refractivity contribution < 1.29 is 8.42 Å². The summed E-state index contributed by atoms with van der Waals surface area (Å²) < 4.78 is 21.9. The van der Waals surface area contributed by atoms with Crippen LogP contribution >= 0.6 is 22.6 Å². The summed E-state index contributed by atoms with van der Waals surface area (Å²) >= 11 is 2.42. The van der Waals surface area contributed by atoms with Gasteiger partial charge in [0.2, 0.25) is 10.0 Å². The monoisotopic (exact) mass is 287 g/mol. The van der Waals surface area contributed by atoms with E-state index in [4.69, 9.17) is 5.14 Å². The molecule has 64 valence electrons. The van der Waals surface area contributed by atoms with Crippen molar-refractivity contribution in [2.45, 2.75) is 22.7 Å². The van der Waals surface area contributed by atoms with E-state index in [9.17, 15) is 8.42 Å². The van der Waals surface area contributed by atoms with E-state index in [0.29, 0.717) is 3.42 Å². The minimum absolute atomic E-state index is 0.0920. The van der Waals surface area contributed by atoms with E-state index >= 15 is 0 Å². The fraction of sp³-hybridized carbons (Fsp3) is 1.00. The predicted octanol–water partition coefficient (Wildman–Crippen LogP) is 0.633. The highest BCUT2D eigenvalue weighted by Gasteiger charge is 2.67. The lowest BCUT2D eigenvalue weighted by Gasteiger charge is -2.67. The fourth-order valence-electron chi connectivity index (χ4n) is 2.44. The number of nitrogens with two attached hydrogens (primary N) is 1. The van der Waals surface area contributed by atoms with Crippen molar-refractivity contribution in [2.75, 3.05) is 5.75 Å². The molecule has 0 atom stereocenters. The normalized spacial score (nSPS) is 47.8. The van der Waals surface area contributed by atoms with Crippen LogP contribution in [0.25, 0.3) is 0 Å². The Hall–Kier alpha value is 0.640. The number of halogens is 1. The van der Waals surface area contributed by atoms with Crippen LogP contribution in [0, 0.1) is 5.41 Å². The van der Waals surface area contributed by atoms with Crippen LogP contribution in [-0.2, 0) is 10.0 Å². The van der Waals surface area contributed by atoms with Crippen molar-refractivity contribution >= 4 is 32.6 Å². The molecule has 0 aromatic heterocycles. The number of rotatable bonds is 2. The van der Waals surface area contributed by atoms with Crippen LogP contribution in [0.4, 0.5) is 0 Å². The first kappa shape index (κ1) is 8.25. The van der Waals surface area contributed by atoms with E-state index < -0.39 is 10.0 Å². The lowest BCUT2D eigenvalue weighted by Crippen LogP contribution is -2.66. The Morgan fingerprint density at radius 1 is 1.36 bits per heavy atom. The van der Waals surface area contributed by atoms with Gasteiger partial charge in [0.1, 0.15) is 0 Å². The summed E-state index contributed by atoms with van der Waals surface area (Å²) in [5.41, 5.74) is 0.0920. The Morgan fingerprint density at radius 3 is 2.09 bits per heavy atom. The van der Waals surface area contributed by atoms with Crippen molar-refractivity contribution in [3.05, 3.63) is 0 Å². The molecule has 5 heteroatoms. The molecule has 3 rings (SSSR count). The molecular weight excluding hydrogens is 277 g/mol. The van der Waals surface area contributed by atoms with Crippen LogP contribution in [0.5, 0.6) is 0 Å². The third kappa shape index (κ3) is 1.31. The Labute approximate surface area is 79.9 Å². The Kier molecular flexibility index (Phi) is 1.45. The minimum Gasteiger partial charge on any atom is -0.229 e. The number of sulfonamides is 1. The molecule has 11 heavy (non-hydrogen) atoms. The summed E-state index contributed by atoms with van der Waals surface area (Å²) in [7, 11) is -3.23. The smallest absolute Gasteiger partial charge is 0.209 e. The second-order valence-corrected chi connectivity index (χ2v) is 7.89. The summed E-state index contributed by atoms with van der Waals surface area (Å²) in [6.07, 6.45) is 3.16. The highest BCUT2D eigenvalue weighted by atomic mass is 127. The van der Waals surface area contributed by atoms with Gasteiger partial charge < -0.3 is 0 Å². The summed E-state index contributed by atoms with van der Waals surface area (Å²) in [4.78, 5) is 0. The van der Waals surface area contributed by atoms with Crippen molar-refractivity contribution in [1.82, 2.24) is 0 Å². The fourth-order valence-corrected chi connectivity index (χ4v) is 6.03. The van der Waals surface area contributed by atoms with E-state index in [0.717, 1.165) is 19.3 Å². The molecule has 3 fully saturated rings. The summed E-state index contributed by atoms with van der Waals surface area (Å²) in [6.45, 7) is 0. The van der Waals surface area contributed by atoms with Gasteiger partial charge in [-0.1, -0.05) is 22.6 Å². The topological polar surface area (TPSA) is 60.2 Å². The molecule has 0 saturated heterocycles. The van der Waals surface area contributed by atoms with Crippen LogP contribution in [0.2, 0.25) is 0 Å². The van der Waals surface area contributed by atoms with E-state index in [1.807, 2.05) is 0 Å². The molecule has 0 amide bonds. The predicted molar refractivity (Wildman–Crippen MR) is 51.0 cm³/mol. The first-order valence-electron chi connectivity index (χ1n) is 3.52. The van der Waals surface area contributed by atoms with Gasteiger partial charge in [-0.25, -0.2) is 13.6 Å². The molecule has 0 aromatic carbocycles. The molecule has 0 spiro atoms. The third-order valence-electron chi connectivity index (χ3n) is 2.58. The SMILES string of the molecule is NS(=O)(=O)CC12CC(I)(C1)C2. The number of primary sulfonamides is 1. The second-order valence-electron chi connectivity index (χ2n) is 3.99. The molecule has 0 unspecified atom stereocenters. The first-order chi connectivity index (χ1) is 4.83. The molecule has 0 radical (unpaired) electrons. The molecule has 0 heterocycles. The average molecular weight is 287 g/mol. The van der Waals surface area contributed by atoms with Crippen molar-refractivity contribution in [2.24, 2.45) is 10.6 Å². The molecule has 2 bridgehead atoms. The molecule has 3 aliphatic rings. The third-order valence-corrected chi connectivity index (χ3v) is 4.74. The van der Waals surface area contributed by atoms with Crippen molar-refractivity contribution in [3.63, 3.8) is 0 Å². The lowest BCUT2D eigenvalue weighted by atomic mass is 9.45. The average Bonchev–Trinajstić information content (AvgIpc) is 1.53. The Morgan fingerprint density at radius 2 is 1.82 bits per heavy atom. The molecule has 0 aromatic rings. The first-order valence-corrected chi connectivity index (χ1v) is 6.32. The lowest BCUT2D eigenvalue weighted by molar-refractivity contribution is -0.0394. The molecular formula is C6H10INO2S. The van der Waals surface area contributed by atoms with Gasteiger partial charge in [0.05, 0.1) is 5.75 Å². The largest absolute Gasteiger partial charge is 0.229 e. The number of alkyl halides is 1. The van der Waals surface area contributed by atoms with Gasteiger partial charge in [-0.15, -0.1) is 0 Å². The van der Waals surface area contributed by atoms with E-state index in [1.165, 1.54) is 0 Å². The van der Waals surface area contributed by atoms with Gasteiger partial charge in [-0.2, -0.15) is 0 Å². The van der Waals surface area contributed by atoms with Gasteiger partial charge in [-0.05, 0) is 24.7 Å². The van der Waals surface area contributed by atoms with Crippen LogP contribution in [0.15, 0.2) is 0 Å². The zero-order chi connectivity index (χ0) is 8.33. The molecule has 3 aliphatic carbocycles. The quantitative estimate of drug-likeness (QED) is 0.598. The van der Waals surface area contributed by atoms with E-state index in [1.54, 1.807) is 0 Å². The second kappa shape index (κ2) is 1.93. The summed E-state index contributed by atoms with van der Waals surface area (Å²) in [5, 5.41) is 4.97. The van der Waals surface area contributed by atoms with Crippen LogP contribution < -0.4 is 5.14 Å². The Bertz CT molecular complexity index is 278. The highest BCUT2D eigenvalue weighted by Crippen LogP contribution is 2.72. The van der Waals surface area contributed by atoms with Gasteiger partial charge >= 0.3 is 0 Å². The molecule has 3 saturated carbocycles. The zero-order valence-corrected chi connectivity index (χ0v) is 8.98. The maximum atomic E-state index is 10.7. The van der Waals surface area contributed by atoms with Gasteiger partial charge in [0.15, 0.2) is 0 Å². The van der Waals surface area contributed by atoms with Crippen LogP contribution in [-0.4, -0.2) is 17.6 Å². The zero-order valence-electron chi connectivity index (χ0n) is 6.01. The maximum Gasteiger partial charge on any atom is 0.209 e. The van der Waals surface area contributed by atoms with Gasteiger partial charge in [-0.3, -0.25) is 0 Å². The maximum absolute atomic E-state index is 10.7. The van der Waals surface area contributed by atoms with Crippen LogP contribution in [0.1, 0.15) is 19.3 Å². The molecule has 0 aliphatic heterocycles. The van der Waals surface area contributed by atoms with E-state index in [2.05, 4.69) is 22.6 Å². The van der Waals surface area contributed by atoms with Crippen LogP contribution in [0.3, 0.4) is 0 Å². The number of hydrogen-bond acceptors (Lipinski definition) is 2. The summed E-state index contributed by atoms with van der Waals surface area (Å²) in [5.74, 6) is 0.199. The van der Waals surface area contributed by atoms with E-state index in [-0.39, 0.29) is 11.2 Å². The summed E-state index contributed by atoms with van der Waals surface area (Å²) in [6, 6.07) is 0. The van der Waals surface area contributed by atoms with Gasteiger partial charge in [0, 0.05) is 3.42 Å². The van der Waals surface area contributed by atoms with Crippen molar-refractivity contribution in [1.29, 1.82) is 0 Å². The molecule has 3 nitrogen and oxygen atoms in total. The standard InChI is InChI=1S/C6H10INO2S/c7-6-1-5(2-6,3-6)4-11(8,9)10/h1-4H2,(H2,8,9,10). The molecule has 2 N–H and O–H groups in total. The number of hydrogen-bond donors (Lipinski definition) is 1. The van der Waals surface area contributed by atoms with Gasteiger partial charge in [0.25, 0.3) is 0 Å². The highest BCUT2D eigenvalue weighted by molar-refractivity contribution is 14.1.